The molecule has 0 radical (unpaired) electrons. The van der Waals surface area contributed by atoms with Gasteiger partial charge < -0.3 is 4.42 Å². The van der Waals surface area contributed by atoms with Gasteiger partial charge in [0.05, 0.1) is 18.1 Å². The van der Waals surface area contributed by atoms with Crippen molar-refractivity contribution >= 4 is 22.1 Å². The van der Waals surface area contributed by atoms with Crippen LogP contribution in [0.4, 0.5) is 0 Å². The molecule has 3 heterocycles. The number of aryl methyl sites for hydroxylation is 2. The summed E-state index contributed by atoms with van der Waals surface area (Å²) >= 11 is 0. The molecular weight excluding hydrogens is 332 g/mol. The van der Waals surface area contributed by atoms with E-state index >= 15 is 0 Å². The van der Waals surface area contributed by atoms with Crippen molar-refractivity contribution in [3.8, 4) is 22.5 Å². The Balaban J connectivity index is 1.80. The molecule has 0 N–H and O–H groups in total. The third-order valence-corrected chi connectivity index (χ3v) is 4.78. The average Bonchev–Trinajstić information content (AvgIpc) is 3.15. The molecule has 2 aromatic carbocycles. The van der Waals surface area contributed by atoms with Crippen LogP contribution < -0.4 is 4.57 Å². The summed E-state index contributed by atoms with van der Waals surface area (Å²) in [5.41, 5.74) is 4.42. The highest BCUT2D eigenvalue weighted by Gasteiger charge is 2.20. The van der Waals surface area contributed by atoms with E-state index in [2.05, 4.69) is 4.98 Å². The van der Waals surface area contributed by atoms with Gasteiger partial charge in [0, 0.05) is 28.5 Å². The van der Waals surface area contributed by atoms with Gasteiger partial charge in [0.25, 0.3) is 0 Å². The van der Waals surface area contributed by atoms with Gasteiger partial charge in [0.15, 0.2) is 11.8 Å². The monoisotopic (exact) mass is 356 g/mol. The van der Waals surface area contributed by atoms with E-state index in [1.54, 1.807) is 6.07 Å². The van der Waals surface area contributed by atoms with Crippen LogP contribution in [0.1, 0.15) is 12.4 Å². The van der Waals surface area contributed by atoms with Crippen molar-refractivity contribution in [1.29, 1.82) is 0 Å². The minimum atomic E-state index is -0.426. The lowest BCUT2D eigenvalue weighted by atomic mass is 10.0. The molecule has 5 rings (SSSR count). The first-order valence-corrected chi connectivity index (χ1v) is 8.64. The van der Waals surface area contributed by atoms with E-state index in [0.717, 1.165) is 27.6 Å². The molecule has 3 aromatic heterocycles. The van der Waals surface area contributed by atoms with E-state index in [9.17, 15) is 0 Å². The first-order chi connectivity index (χ1) is 15.3. The number of hydrogen-bond donors (Lipinski definition) is 0. The van der Waals surface area contributed by atoms with E-state index in [-0.39, 0.29) is 35.4 Å². The minimum absolute atomic E-state index is 0.0595. The van der Waals surface area contributed by atoms with Crippen molar-refractivity contribution in [3.63, 3.8) is 0 Å². The molecule has 27 heavy (non-hydrogen) atoms. The Morgan fingerprint density at radius 3 is 2.59 bits per heavy atom. The third kappa shape index (κ3) is 2.51. The Morgan fingerprint density at radius 2 is 1.78 bits per heavy atom. The van der Waals surface area contributed by atoms with E-state index in [4.69, 9.17) is 11.3 Å². The Kier molecular flexibility index (Phi) is 2.54. The molecule has 0 aliphatic heterocycles. The standard InChI is InChI=1S/C24H19N2O/c1-16-11-12-18-19-13-14-20(17-8-4-3-5-9-17)25-24(19)27-23(18)22(16)21-10-6-7-15-26(21)2/h3-15H,1-2H3/q+1/i3D,4D,5D,8D,9D. The third-order valence-electron chi connectivity index (χ3n) is 4.78. The van der Waals surface area contributed by atoms with Crippen LogP contribution in [0.15, 0.2) is 83.3 Å². The summed E-state index contributed by atoms with van der Waals surface area (Å²) in [4.78, 5) is 4.56. The van der Waals surface area contributed by atoms with Crippen molar-refractivity contribution in [2.75, 3.05) is 0 Å². The zero-order valence-electron chi connectivity index (χ0n) is 19.9. The van der Waals surface area contributed by atoms with E-state index < -0.39 is 6.04 Å². The van der Waals surface area contributed by atoms with E-state index in [0.29, 0.717) is 11.3 Å². The maximum atomic E-state index is 8.24. The van der Waals surface area contributed by atoms with E-state index in [1.807, 2.05) is 61.1 Å². The molecule has 5 aromatic rings. The van der Waals surface area contributed by atoms with Gasteiger partial charge >= 0.3 is 0 Å². The van der Waals surface area contributed by atoms with Crippen LogP contribution in [0.5, 0.6) is 0 Å². The molecule has 0 fully saturated rings. The van der Waals surface area contributed by atoms with E-state index in [1.165, 1.54) is 0 Å². The lowest BCUT2D eigenvalue weighted by Crippen LogP contribution is -2.30. The van der Waals surface area contributed by atoms with Gasteiger partial charge in [-0.25, -0.2) is 9.55 Å². The summed E-state index contributed by atoms with van der Waals surface area (Å²) < 4.78 is 48.4. The topological polar surface area (TPSA) is 29.9 Å². The quantitative estimate of drug-likeness (QED) is 0.394. The molecule has 130 valence electrons. The number of furan rings is 1. The maximum absolute atomic E-state index is 8.24. The molecule has 0 bridgehead atoms. The summed E-state index contributed by atoms with van der Waals surface area (Å²) in [5.74, 6) is 0. The van der Waals surface area contributed by atoms with Crippen molar-refractivity contribution in [3.05, 3.63) is 84.4 Å². The average molecular weight is 356 g/mol. The lowest BCUT2D eigenvalue weighted by molar-refractivity contribution is -0.660. The van der Waals surface area contributed by atoms with Gasteiger partial charge in [-0.1, -0.05) is 42.3 Å². The Hall–Kier alpha value is -3.46. The largest absolute Gasteiger partial charge is 0.437 e. The minimum Gasteiger partial charge on any atom is -0.437 e. The van der Waals surface area contributed by atoms with Gasteiger partial charge in [-0.3, -0.25) is 0 Å². The molecule has 0 saturated heterocycles. The summed E-state index contributed by atoms with van der Waals surface area (Å²) in [6.45, 7) is 2.03. The van der Waals surface area contributed by atoms with Crippen LogP contribution in [0.2, 0.25) is 0 Å². The Labute approximate surface area is 164 Å². The number of nitrogens with zero attached hydrogens (tertiary/aromatic N) is 2. The second-order valence-electron chi connectivity index (χ2n) is 6.48. The summed E-state index contributed by atoms with van der Waals surface area (Å²) in [7, 11) is 1.98. The molecule has 3 heteroatoms. The molecule has 3 nitrogen and oxygen atoms in total. The molecule has 0 amide bonds. The van der Waals surface area contributed by atoms with Gasteiger partial charge in [-0.2, -0.15) is 0 Å². The highest BCUT2D eigenvalue weighted by atomic mass is 16.3. The second-order valence-corrected chi connectivity index (χ2v) is 6.48. The highest BCUT2D eigenvalue weighted by molar-refractivity contribution is 6.09. The van der Waals surface area contributed by atoms with Crippen LogP contribution in [0.25, 0.3) is 44.6 Å². The summed E-state index contributed by atoms with van der Waals surface area (Å²) in [6, 6.07) is 11.7. The SMILES string of the molecule is [2H]c1c([2H])c([2H])c(-c2ccc3c(n2)oc2c(-c4cccc[n+]4C)c(C)ccc23)c([2H])c1[2H]. The molecule has 0 saturated carbocycles. The molecular formula is C24H19N2O+. The maximum Gasteiger partial charge on any atom is 0.227 e. The Morgan fingerprint density at radius 1 is 0.963 bits per heavy atom. The first kappa shape index (κ1) is 11.3. The van der Waals surface area contributed by atoms with Gasteiger partial charge in [-0.05, 0) is 30.7 Å². The van der Waals surface area contributed by atoms with Crippen LogP contribution in [-0.4, -0.2) is 4.98 Å². The molecule has 0 aliphatic carbocycles. The fraction of sp³-hybridized carbons (Fsp3) is 0.0833. The summed E-state index contributed by atoms with van der Waals surface area (Å²) in [5, 5.41) is 1.71. The van der Waals surface area contributed by atoms with Crippen LogP contribution >= 0.6 is 0 Å². The van der Waals surface area contributed by atoms with Crippen molar-refractivity contribution < 1.29 is 15.8 Å². The Bertz CT molecular complexity index is 1530. The van der Waals surface area contributed by atoms with Crippen LogP contribution in [-0.2, 0) is 7.05 Å². The fourth-order valence-corrected chi connectivity index (χ4v) is 3.44. The molecule has 0 spiro atoms. The number of aromatic nitrogens is 2. The van der Waals surface area contributed by atoms with Crippen LogP contribution in [0, 0.1) is 6.92 Å². The molecule has 0 atom stereocenters. The number of hydrogen-bond acceptors (Lipinski definition) is 2. The highest BCUT2D eigenvalue weighted by Crippen LogP contribution is 2.36. The summed E-state index contributed by atoms with van der Waals surface area (Å²) in [6.07, 6.45) is 1.98. The number of rotatable bonds is 2. The molecule has 0 aliphatic rings. The fourth-order valence-electron chi connectivity index (χ4n) is 3.44. The number of benzene rings is 2. The van der Waals surface area contributed by atoms with Crippen molar-refractivity contribution in [2.24, 2.45) is 7.05 Å². The van der Waals surface area contributed by atoms with Crippen LogP contribution in [0.3, 0.4) is 0 Å². The zero-order chi connectivity index (χ0) is 22.7. The van der Waals surface area contributed by atoms with Gasteiger partial charge in [-0.15, -0.1) is 0 Å². The lowest BCUT2D eigenvalue weighted by Gasteiger charge is -2.04. The zero-order valence-corrected chi connectivity index (χ0v) is 14.9. The predicted molar refractivity (Wildman–Crippen MR) is 108 cm³/mol. The predicted octanol–water partition coefficient (Wildman–Crippen LogP) is 5.45. The smallest absolute Gasteiger partial charge is 0.227 e. The second kappa shape index (κ2) is 6.06. The number of fused-ring (bicyclic) bond motifs is 3. The number of pyridine rings is 2. The van der Waals surface area contributed by atoms with Crippen molar-refractivity contribution in [2.45, 2.75) is 6.92 Å². The normalized spacial score (nSPS) is 13.9. The molecule has 0 unspecified atom stereocenters. The van der Waals surface area contributed by atoms with Gasteiger partial charge in [0.2, 0.25) is 11.4 Å². The van der Waals surface area contributed by atoms with Gasteiger partial charge in [0.1, 0.15) is 7.05 Å². The first-order valence-electron chi connectivity index (χ1n) is 11.1. The van der Waals surface area contributed by atoms with Crippen molar-refractivity contribution in [1.82, 2.24) is 4.98 Å².